The van der Waals surface area contributed by atoms with Crippen molar-refractivity contribution in [1.29, 1.82) is 0 Å². The lowest BCUT2D eigenvalue weighted by Gasteiger charge is -2.08. The second-order valence-electron chi connectivity index (χ2n) is 4.70. The quantitative estimate of drug-likeness (QED) is 0.849. The highest BCUT2D eigenvalue weighted by Gasteiger charge is 2.37. The van der Waals surface area contributed by atoms with Gasteiger partial charge in [-0.3, -0.25) is 0 Å². The molecule has 1 fully saturated rings. The van der Waals surface area contributed by atoms with Crippen LogP contribution in [0.4, 0.5) is 0 Å². The van der Waals surface area contributed by atoms with Gasteiger partial charge >= 0.3 is 0 Å². The lowest BCUT2D eigenvalue weighted by Crippen LogP contribution is -2.22. The Morgan fingerprint density at radius 2 is 2.00 bits per heavy atom. The molecule has 16 heavy (non-hydrogen) atoms. The van der Waals surface area contributed by atoms with Crippen molar-refractivity contribution in [1.82, 2.24) is 9.97 Å². The fourth-order valence-electron chi connectivity index (χ4n) is 2.04. The molecule has 82 valence electrons. The summed E-state index contributed by atoms with van der Waals surface area (Å²) in [6.45, 7) is 0. The number of nitrogens with zero attached hydrogens (tertiary/aromatic N) is 2. The van der Waals surface area contributed by atoms with Crippen LogP contribution in [-0.4, -0.2) is 15.5 Å². The van der Waals surface area contributed by atoms with E-state index in [0.29, 0.717) is 0 Å². The molecule has 0 amide bonds. The van der Waals surface area contributed by atoms with Crippen molar-refractivity contribution in [2.24, 2.45) is 5.73 Å². The number of hydrogen-bond acceptors (Lipinski definition) is 3. The normalized spacial score (nSPS) is 17.6. The highest BCUT2D eigenvalue weighted by atomic mass is 14.8. The van der Waals surface area contributed by atoms with Crippen LogP contribution >= 0.6 is 0 Å². The Labute approximate surface area is 94.7 Å². The SMILES string of the molecule is NC1(CCc2ncnc3ccccc23)CC1. The molecule has 0 unspecified atom stereocenters. The van der Waals surface area contributed by atoms with Gasteiger partial charge in [0, 0.05) is 10.9 Å². The molecular formula is C13H15N3. The van der Waals surface area contributed by atoms with Gasteiger partial charge in [0.2, 0.25) is 0 Å². The summed E-state index contributed by atoms with van der Waals surface area (Å²) in [5.74, 6) is 0. The first kappa shape index (κ1) is 9.73. The Hall–Kier alpha value is -1.48. The summed E-state index contributed by atoms with van der Waals surface area (Å²) in [7, 11) is 0. The third kappa shape index (κ3) is 1.78. The van der Waals surface area contributed by atoms with Gasteiger partial charge in [-0.1, -0.05) is 18.2 Å². The monoisotopic (exact) mass is 213 g/mol. The van der Waals surface area contributed by atoms with Gasteiger partial charge in [-0.25, -0.2) is 9.97 Å². The van der Waals surface area contributed by atoms with Gasteiger partial charge in [0.1, 0.15) is 6.33 Å². The van der Waals surface area contributed by atoms with Gasteiger partial charge in [-0.05, 0) is 31.7 Å². The van der Waals surface area contributed by atoms with E-state index in [9.17, 15) is 0 Å². The fourth-order valence-corrected chi connectivity index (χ4v) is 2.04. The minimum absolute atomic E-state index is 0.103. The van der Waals surface area contributed by atoms with Crippen LogP contribution in [0.2, 0.25) is 0 Å². The molecule has 1 aliphatic carbocycles. The van der Waals surface area contributed by atoms with Gasteiger partial charge in [0.15, 0.2) is 0 Å². The lowest BCUT2D eigenvalue weighted by atomic mass is 10.1. The lowest BCUT2D eigenvalue weighted by molar-refractivity contribution is 0.605. The largest absolute Gasteiger partial charge is 0.325 e. The molecule has 2 N–H and O–H groups in total. The van der Waals surface area contributed by atoms with Crippen molar-refractivity contribution in [3.05, 3.63) is 36.3 Å². The molecule has 1 aliphatic rings. The molecule has 0 atom stereocenters. The number of hydrogen-bond donors (Lipinski definition) is 1. The summed E-state index contributed by atoms with van der Waals surface area (Å²) < 4.78 is 0. The van der Waals surface area contributed by atoms with Crippen molar-refractivity contribution < 1.29 is 0 Å². The average Bonchev–Trinajstić information content (AvgIpc) is 3.05. The first-order valence-electron chi connectivity index (χ1n) is 5.74. The second-order valence-corrected chi connectivity index (χ2v) is 4.70. The maximum absolute atomic E-state index is 6.10. The van der Waals surface area contributed by atoms with E-state index >= 15 is 0 Å². The minimum Gasteiger partial charge on any atom is -0.325 e. The fraction of sp³-hybridized carbons (Fsp3) is 0.385. The molecule has 1 aromatic carbocycles. The van der Waals surface area contributed by atoms with Gasteiger partial charge in [0.05, 0.1) is 11.2 Å². The molecule has 0 saturated heterocycles. The number of rotatable bonds is 3. The third-order valence-corrected chi connectivity index (χ3v) is 3.38. The minimum atomic E-state index is 0.103. The summed E-state index contributed by atoms with van der Waals surface area (Å²) in [6, 6.07) is 8.14. The number of nitrogens with two attached hydrogens (primary N) is 1. The third-order valence-electron chi connectivity index (χ3n) is 3.38. The molecule has 0 aliphatic heterocycles. The molecule has 2 aromatic rings. The van der Waals surface area contributed by atoms with Gasteiger partial charge < -0.3 is 5.73 Å². The summed E-state index contributed by atoms with van der Waals surface area (Å²) >= 11 is 0. The van der Waals surface area contributed by atoms with Crippen molar-refractivity contribution in [3.63, 3.8) is 0 Å². The van der Waals surface area contributed by atoms with Gasteiger partial charge in [-0.15, -0.1) is 0 Å². The van der Waals surface area contributed by atoms with E-state index in [4.69, 9.17) is 5.73 Å². The van der Waals surface area contributed by atoms with Crippen molar-refractivity contribution in [2.75, 3.05) is 0 Å². The Kier molecular flexibility index (Phi) is 2.14. The molecule has 3 nitrogen and oxygen atoms in total. The predicted octanol–water partition coefficient (Wildman–Crippen LogP) is 2.05. The van der Waals surface area contributed by atoms with Gasteiger partial charge in [0.25, 0.3) is 0 Å². The Bertz CT molecular complexity index is 512. The van der Waals surface area contributed by atoms with E-state index in [2.05, 4.69) is 16.0 Å². The molecule has 3 rings (SSSR count). The van der Waals surface area contributed by atoms with E-state index in [1.165, 1.54) is 0 Å². The molecule has 0 bridgehead atoms. The maximum atomic E-state index is 6.10. The highest BCUT2D eigenvalue weighted by Crippen LogP contribution is 2.36. The number of para-hydroxylation sites is 1. The zero-order valence-electron chi connectivity index (χ0n) is 9.19. The molecule has 1 aromatic heterocycles. The van der Waals surface area contributed by atoms with Crippen LogP contribution in [-0.2, 0) is 6.42 Å². The van der Waals surface area contributed by atoms with E-state index in [0.717, 1.165) is 42.3 Å². The Morgan fingerprint density at radius 1 is 1.19 bits per heavy atom. The summed E-state index contributed by atoms with van der Waals surface area (Å²) in [5, 5.41) is 1.16. The molecule has 0 spiro atoms. The summed E-state index contributed by atoms with van der Waals surface area (Å²) in [4.78, 5) is 8.63. The molecular weight excluding hydrogens is 198 g/mol. The number of fused-ring (bicyclic) bond motifs is 1. The maximum Gasteiger partial charge on any atom is 0.116 e. The zero-order valence-corrected chi connectivity index (χ0v) is 9.19. The smallest absolute Gasteiger partial charge is 0.116 e. The van der Waals surface area contributed by atoms with E-state index in [1.807, 2.05) is 18.2 Å². The van der Waals surface area contributed by atoms with Crippen LogP contribution < -0.4 is 5.73 Å². The average molecular weight is 213 g/mol. The van der Waals surface area contributed by atoms with E-state index < -0.39 is 0 Å². The van der Waals surface area contributed by atoms with Crippen LogP contribution in [0, 0.1) is 0 Å². The van der Waals surface area contributed by atoms with Crippen LogP contribution in [0.25, 0.3) is 10.9 Å². The Morgan fingerprint density at radius 3 is 2.81 bits per heavy atom. The molecule has 0 radical (unpaired) electrons. The first-order valence-corrected chi connectivity index (χ1v) is 5.74. The van der Waals surface area contributed by atoms with Crippen LogP contribution in [0.5, 0.6) is 0 Å². The molecule has 1 saturated carbocycles. The van der Waals surface area contributed by atoms with Crippen LogP contribution in [0.3, 0.4) is 0 Å². The van der Waals surface area contributed by atoms with Crippen LogP contribution in [0.1, 0.15) is 25.0 Å². The van der Waals surface area contributed by atoms with E-state index in [1.54, 1.807) is 6.33 Å². The predicted molar refractivity (Wildman–Crippen MR) is 64.0 cm³/mol. The second kappa shape index (κ2) is 3.52. The number of aromatic nitrogens is 2. The zero-order chi connectivity index (χ0) is 11.0. The van der Waals surface area contributed by atoms with Crippen molar-refractivity contribution >= 4 is 10.9 Å². The van der Waals surface area contributed by atoms with Crippen molar-refractivity contribution in [2.45, 2.75) is 31.2 Å². The standard InChI is InChI=1S/C13H15N3/c14-13(7-8-13)6-5-12-10-3-1-2-4-11(10)15-9-16-12/h1-4,9H,5-8,14H2. The number of benzene rings is 1. The Balaban J connectivity index is 1.90. The number of aryl methyl sites for hydroxylation is 1. The van der Waals surface area contributed by atoms with Crippen molar-refractivity contribution in [3.8, 4) is 0 Å². The van der Waals surface area contributed by atoms with E-state index in [-0.39, 0.29) is 5.54 Å². The summed E-state index contributed by atoms with van der Waals surface area (Å²) in [5.41, 5.74) is 8.35. The summed E-state index contributed by atoms with van der Waals surface area (Å²) in [6.07, 6.45) is 5.97. The van der Waals surface area contributed by atoms with Gasteiger partial charge in [-0.2, -0.15) is 0 Å². The first-order chi connectivity index (χ1) is 7.77. The van der Waals surface area contributed by atoms with Crippen LogP contribution in [0.15, 0.2) is 30.6 Å². The molecule has 1 heterocycles. The highest BCUT2D eigenvalue weighted by molar-refractivity contribution is 5.80. The topological polar surface area (TPSA) is 51.8 Å². The molecule has 3 heteroatoms.